The normalized spacial score (nSPS) is 13.5. The number of aromatic nitrogens is 2. The minimum absolute atomic E-state index is 0.220. The highest BCUT2D eigenvalue weighted by Gasteiger charge is 2.18. The van der Waals surface area contributed by atoms with Gasteiger partial charge in [-0.1, -0.05) is 25.4 Å². The molecule has 5 heteroatoms. The molecule has 0 fully saturated rings. The van der Waals surface area contributed by atoms with Gasteiger partial charge in [0, 0.05) is 19.5 Å². The third-order valence-corrected chi connectivity index (χ3v) is 3.19. The van der Waals surface area contributed by atoms with Gasteiger partial charge in [0.05, 0.1) is 16.4 Å². The fourth-order valence-corrected chi connectivity index (χ4v) is 1.83. The van der Waals surface area contributed by atoms with Crippen molar-refractivity contribution in [2.24, 2.45) is 18.8 Å². The fraction of sp³-hybridized carbons (Fsp3) is 0.700. The molecule has 0 spiro atoms. The molecule has 0 aliphatic rings. The summed E-state index contributed by atoms with van der Waals surface area (Å²) in [5.41, 5.74) is 4.72. The molecule has 0 saturated heterocycles. The van der Waals surface area contributed by atoms with Gasteiger partial charge in [0.25, 0.3) is 0 Å². The highest BCUT2D eigenvalue weighted by molar-refractivity contribution is 6.31. The maximum absolute atomic E-state index is 6.17. The van der Waals surface area contributed by atoms with Crippen molar-refractivity contribution >= 4 is 11.6 Å². The van der Waals surface area contributed by atoms with Crippen molar-refractivity contribution in [3.8, 4) is 0 Å². The first-order valence-electron chi connectivity index (χ1n) is 5.11. The highest BCUT2D eigenvalue weighted by atomic mass is 35.5. The fourth-order valence-electron chi connectivity index (χ4n) is 1.60. The van der Waals surface area contributed by atoms with E-state index in [1.54, 1.807) is 0 Å². The Labute approximate surface area is 95.8 Å². The molecule has 1 aromatic heterocycles. The number of halogens is 1. The number of hydrogen-bond acceptors (Lipinski definition) is 3. The molecule has 0 aliphatic heterocycles. The molecule has 1 heterocycles. The Morgan fingerprint density at radius 1 is 1.53 bits per heavy atom. The van der Waals surface area contributed by atoms with Crippen LogP contribution >= 0.6 is 11.6 Å². The van der Waals surface area contributed by atoms with Gasteiger partial charge in [-0.15, -0.1) is 0 Å². The van der Waals surface area contributed by atoms with Crippen molar-refractivity contribution < 1.29 is 0 Å². The van der Waals surface area contributed by atoms with Crippen LogP contribution in [-0.2, 0) is 13.5 Å². The van der Waals surface area contributed by atoms with Crippen LogP contribution < -0.4 is 11.3 Å². The molecule has 0 amide bonds. The molecule has 4 nitrogen and oxygen atoms in total. The summed E-state index contributed by atoms with van der Waals surface area (Å²) in [6.45, 7) is 6.16. The van der Waals surface area contributed by atoms with Gasteiger partial charge in [0.15, 0.2) is 0 Å². The zero-order valence-corrected chi connectivity index (χ0v) is 10.5. The third-order valence-electron chi connectivity index (χ3n) is 2.69. The van der Waals surface area contributed by atoms with Gasteiger partial charge >= 0.3 is 0 Å². The zero-order valence-electron chi connectivity index (χ0n) is 9.71. The summed E-state index contributed by atoms with van der Waals surface area (Å²) < 4.78 is 1.82. The third kappa shape index (κ3) is 2.71. The number of nitrogens with two attached hydrogens (primary N) is 1. The van der Waals surface area contributed by atoms with Gasteiger partial charge in [-0.2, -0.15) is 5.10 Å². The maximum Gasteiger partial charge on any atom is 0.0847 e. The van der Waals surface area contributed by atoms with E-state index in [4.69, 9.17) is 17.4 Å². The summed E-state index contributed by atoms with van der Waals surface area (Å²) in [6, 6.07) is 0.220. The Balaban J connectivity index is 2.88. The van der Waals surface area contributed by atoms with E-state index in [9.17, 15) is 0 Å². The van der Waals surface area contributed by atoms with Crippen molar-refractivity contribution in [1.29, 1.82) is 0 Å². The van der Waals surface area contributed by atoms with Crippen molar-refractivity contribution in [1.82, 2.24) is 15.2 Å². The summed E-state index contributed by atoms with van der Waals surface area (Å²) in [4.78, 5) is 0. The van der Waals surface area contributed by atoms with E-state index in [0.717, 1.165) is 22.8 Å². The quantitative estimate of drug-likeness (QED) is 0.608. The Hall–Kier alpha value is -0.580. The second kappa shape index (κ2) is 4.96. The average Bonchev–Trinajstić information content (AvgIpc) is 2.39. The molecule has 0 aliphatic carbocycles. The van der Waals surface area contributed by atoms with Gasteiger partial charge in [-0.3, -0.25) is 16.0 Å². The first-order valence-corrected chi connectivity index (χ1v) is 5.49. The van der Waals surface area contributed by atoms with Crippen LogP contribution in [-0.4, -0.2) is 15.8 Å². The predicted molar refractivity (Wildman–Crippen MR) is 62.6 cm³/mol. The lowest BCUT2D eigenvalue weighted by Crippen LogP contribution is -2.41. The number of hydrogen-bond donors (Lipinski definition) is 2. The van der Waals surface area contributed by atoms with E-state index in [-0.39, 0.29) is 6.04 Å². The van der Waals surface area contributed by atoms with E-state index in [2.05, 4.69) is 24.4 Å². The Morgan fingerprint density at radius 3 is 2.47 bits per heavy atom. The molecule has 0 bridgehead atoms. The summed E-state index contributed by atoms with van der Waals surface area (Å²) in [6.07, 6.45) is 0.796. The van der Waals surface area contributed by atoms with E-state index >= 15 is 0 Å². The van der Waals surface area contributed by atoms with E-state index < -0.39 is 0 Å². The molecule has 15 heavy (non-hydrogen) atoms. The SMILES string of the molecule is Cc1nn(C)c(CC(NN)C(C)C)c1Cl. The topological polar surface area (TPSA) is 55.9 Å². The number of rotatable bonds is 4. The van der Waals surface area contributed by atoms with Crippen LogP contribution in [0, 0.1) is 12.8 Å². The average molecular weight is 231 g/mol. The molecule has 0 radical (unpaired) electrons. The zero-order chi connectivity index (χ0) is 11.6. The number of hydrazine groups is 1. The van der Waals surface area contributed by atoms with Crippen molar-refractivity contribution in [3.63, 3.8) is 0 Å². The lowest BCUT2D eigenvalue weighted by Gasteiger charge is -2.19. The van der Waals surface area contributed by atoms with Crippen molar-refractivity contribution in [2.75, 3.05) is 0 Å². The molecule has 0 saturated carbocycles. The van der Waals surface area contributed by atoms with Crippen LogP contribution in [0.3, 0.4) is 0 Å². The second-order valence-corrected chi connectivity index (χ2v) is 4.57. The first-order chi connectivity index (χ1) is 6.97. The minimum atomic E-state index is 0.220. The monoisotopic (exact) mass is 230 g/mol. The molecule has 3 N–H and O–H groups in total. The highest BCUT2D eigenvalue weighted by Crippen LogP contribution is 2.21. The summed E-state index contributed by atoms with van der Waals surface area (Å²) in [7, 11) is 1.90. The Kier molecular flexibility index (Phi) is 4.13. The lowest BCUT2D eigenvalue weighted by atomic mass is 10.00. The Morgan fingerprint density at radius 2 is 2.13 bits per heavy atom. The standard InChI is InChI=1S/C10H19ClN4/c1-6(2)8(13-12)5-9-10(11)7(3)14-15(9)4/h6,8,13H,5,12H2,1-4H3. The number of nitrogens with zero attached hydrogens (tertiary/aromatic N) is 2. The van der Waals surface area contributed by atoms with E-state index in [1.807, 2.05) is 18.7 Å². The first kappa shape index (κ1) is 12.5. The van der Waals surface area contributed by atoms with Crippen LogP contribution in [0.5, 0.6) is 0 Å². The van der Waals surface area contributed by atoms with Crippen LogP contribution in [0.2, 0.25) is 5.02 Å². The number of aryl methyl sites for hydroxylation is 2. The maximum atomic E-state index is 6.17. The van der Waals surface area contributed by atoms with Gasteiger partial charge in [0.2, 0.25) is 0 Å². The van der Waals surface area contributed by atoms with Gasteiger partial charge in [0.1, 0.15) is 0 Å². The molecule has 1 unspecified atom stereocenters. The second-order valence-electron chi connectivity index (χ2n) is 4.19. The number of nitrogens with one attached hydrogen (secondary N) is 1. The molecule has 1 aromatic rings. The minimum Gasteiger partial charge on any atom is -0.271 e. The predicted octanol–water partition coefficient (Wildman–Crippen LogP) is 1.41. The molecular weight excluding hydrogens is 212 g/mol. The van der Waals surface area contributed by atoms with E-state index in [0.29, 0.717) is 5.92 Å². The van der Waals surface area contributed by atoms with Crippen LogP contribution in [0.4, 0.5) is 0 Å². The summed E-state index contributed by atoms with van der Waals surface area (Å²) >= 11 is 6.17. The smallest absolute Gasteiger partial charge is 0.0847 e. The molecule has 86 valence electrons. The summed E-state index contributed by atoms with van der Waals surface area (Å²) in [5, 5.41) is 5.02. The molecule has 1 atom stereocenters. The van der Waals surface area contributed by atoms with E-state index in [1.165, 1.54) is 0 Å². The Bertz CT molecular complexity index is 332. The van der Waals surface area contributed by atoms with Gasteiger partial charge < -0.3 is 0 Å². The van der Waals surface area contributed by atoms with Crippen molar-refractivity contribution in [3.05, 3.63) is 16.4 Å². The molecular formula is C10H19ClN4. The largest absolute Gasteiger partial charge is 0.271 e. The van der Waals surface area contributed by atoms with Crippen molar-refractivity contribution in [2.45, 2.75) is 33.2 Å². The van der Waals surface area contributed by atoms with Crippen LogP contribution in [0.1, 0.15) is 25.2 Å². The van der Waals surface area contributed by atoms with Crippen LogP contribution in [0.25, 0.3) is 0 Å². The molecule has 0 aromatic carbocycles. The van der Waals surface area contributed by atoms with Gasteiger partial charge in [-0.05, 0) is 12.8 Å². The van der Waals surface area contributed by atoms with Crippen LogP contribution in [0.15, 0.2) is 0 Å². The lowest BCUT2D eigenvalue weighted by molar-refractivity contribution is 0.396. The molecule has 1 rings (SSSR count). The van der Waals surface area contributed by atoms with Gasteiger partial charge in [-0.25, -0.2) is 0 Å². The summed E-state index contributed by atoms with van der Waals surface area (Å²) in [5.74, 6) is 5.97.